The maximum Gasteiger partial charge on any atom is 0.416 e. The Balaban J connectivity index is 1.56. The average molecular weight is 644 g/mol. The van der Waals surface area contributed by atoms with E-state index in [-0.39, 0.29) is 37.3 Å². The number of carbonyl (C=O) groups excluding carboxylic acids is 2. The van der Waals surface area contributed by atoms with Gasteiger partial charge < -0.3 is 25.1 Å². The monoisotopic (exact) mass is 642 g/mol. The van der Waals surface area contributed by atoms with E-state index in [0.29, 0.717) is 73.3 Å². The molecule has 0 radical (unpaired) electrons. The van der Waals surface area contributed by atoms with E-state index in [9.17, 15) is 27.9 Å². The molecular weight excluding hydrogens is 604 g/mol. The zero-order valence-electron chi connectivity index (χ0n) is 24.5. The number of aliphatic hydroxyl groups excluding tert-OH is 1. The highest BCUT2D eigenvalue weighted by atomic mass is 35.5. The number of halogens is 5. The van der Waals surface area contributed by atoms with E-state index < -0.39 is 23.8 Å². The molecule has 0 bridgehead atoms. The number of aliphatic hydroxyl groups is 1. The van der Waals surface area contributed by atoms with Crippen LogP contribution < -0.4 is 10.2 Å². The molecule has 2 aliphatic rings. The molecule has 12 heteroatoms. The van der Waals surface area contributed by atoms with Crippen LogP contribution in [0.4, 0.5) is 18.9 Å². The predicted molar refractivity (Wildman–Crippen MR) is 162 cm³/mol. The third-order valence-corrected chi connectivity index (χ3v) is 8.66. The van der Waals surface area contributed by atoms with Crippen molar-refractivity contribution in [3.05, 3.63) is 63.1 Å². The second-order valence-electron chi connectivity index (χ2n) is 11.6. The Morgan fingerprint density at radius 2 is 1.77 bits per heavy atom. The minimum absolute atomic E-state index is 0.0666. The van der Waals surface area contributed by atoms with E-state index in [4.69, 9.17) is 23.2 Å². The number of amides is 2. The zero-order valence-corrected chi connectivity index (χ0v) is 26.0. The van der Waals surface area contributed by atoms with Gasteiger partial charge in [0.05, 0.1) is 12.2 Å². The minimum atomic E-state index is -4.49. The molecule has 2 aliphatic heterocycles. The number of piperazine rings is 1. The highest BCUT2D eigenvalue weighted by molar-refractivity contribution is 6.35. The van der Waals surface area contributed by atoms with Crippen molar-refractivity contribution in [1.29, 1.82) is 0 Å². The molecule has 2 amide bonds. The minimum Gasteiger partial charge on any atom is -0.395 e. The summed E-state index contributed by atoms with van der Waals surface area (Å²) in [6, 6.07) is 7.81. The van der Waals surface area contributed by atoms with Gasteiger partial charge in [-0.3, -0.25) is 9.59 Å². The Hall–Kier alpha value is -2.53. The van der Waals surface area contributed by atoms with Crippen molar-refractivity contribution in [2.24, 2.45) is 5.92 Å². The SMILES string of the molecule is CC(C)C[C@H](NCCO)c1cc(C(F)(F)F)ccc1N1CCN(C(=O)[C@@H](Cc2ccc(Cl)cc2Cl)N2CCCC2=O)CC1. The van der Waals surface area contributed by atoms with Gasteiger partial charge in [0.2, 0.25) is 11.8 Å². The van der Waals surface area contributed by atoms with Crippen LogP contribution in [0.15, 0.2) is 36.4 Å². The first-order valence-corrected chi connectivity index (χ1v) is 15.5. The molecular formula is C31H39Cl2F3N4O3. The molecule has 0 unspecified atom stereocenters. The number of likely N-dealkylation sites (tertiary alicyclic amines) is 1. The van der Waals surface area contributed by atoms with E-state index in [1.54, 1.807) is 28.0 Å². The van der Waals surface area contributed by atoms with E-state index >= 15 is 0 Å². The average Bonchev–Trinajstić information content (AvgIpc) is 3.39. The number of alkyl halides is 3. The molecule has 2 N–H and O–H groups in total. The lowest BCUT2D eigenvalue weighted by Gasteiger charge is -2.40. The molecule has 0 aliphatic carbocycles. The molecule has 2 aromatic rings. The molecule has 2 heterocycles. The summed E-state index contributed by atoms with van der Waals surface area (Å²) in [6.45, 7) is 6.16. The fourth-order valence-electron chi connectivity index (χ4n) is 5.93. The van der Waals surface area contributed by atoms with Gasteiger partial charge in [0.1, 0.15) is 6.04 Å². The highest BCUT2D eigenvalue weighted by Gasteiger charge is 2.38. The van der Waals surface area contributed by atoms with Crippen molar-refractivity contribution in [2.45, 2.75) is 57.8 Å². The Morgan fingerprint density at radius 3 is 2.35 bits per heavy atom. The summed E-state index contributed by atoms with van der Waals surface area (Å²) < 4.78 is 41.2. The number of benzene rings is 2. The molecule has 0 saturated carbocycles. The maximum atomic E-state index is 13.9. The summed E-state index contributed by atoms with van der Waals surface area (Å²) in [4.78, 5) is 32.0. The largest absolute Gasteiger partial charge is 0.416 e. The number of nitrogens with one attached hydrogen (secondary N) is 1. The molecule has 0 aromatic heterocycles. The number of anilines is 1. The van der Waals surface area contributed by atoms with Gasteiger partial charge in [-0.25, -0.2) is 0 Å². The van der Waals surface area contributed by atoms with Crippen LogP contribution in [-0.2, 0) is 22.2 Å². The molecule has 4 rings (SSSR count). The van der Waals surface area contributed by atoms with Crippen LogP contribution in [0.5, 0.6) is 0 Å². The van der Waals surface area contributed by atoms with Crippen molar-refractivity contribution in [2.75, 3.05) is 50.8 Å². The van der Waals surface area contributed by atoms with Crippen LogP contribution >= 0.6 is 23.2 Å². The Bertz CT molecular complexity index is 1290. The van der Waals surface area contributed by atoms with Gasteiger partial charge in [0, 0.05) is 73.9 Å². The molecule has 2 fully saturated rings. The van der Waals surface area contributed by atoms with Crippen molar-refractivity contribution in [3.8, 4) is 0 Å². The molecule has 2 atom stereocenters. The summed E-state index contributed by atoms with van der Waals surface area (Å²) in [5.74, 6) is -0.0358. The molecule has 0 spiro atoms. The predicted octanol–water partition coefficient (Wildman–Crippen LogP) is 5.56. The summed E-state index contributed by atoms with van der Waals surface area (Å²) in [6.07, 6.45) is -2.57. The van der Waals surface area contributed by atoms with E-state index in [0.717, 1.165) is 11.6 Å². The molecule has 7 nitrogen and oxygen atoms in total. The summed E-state index contributed by atoms with van der Waals surface area (Å²) >= 11 is 12.5. The lowest BCUT2D eigenvalue weighted by Crippen LogP contribution is -2.56. The van der Waals surface area contributed by atoms with Crippen LogP contribution in [0.3, 0.4) is 0 Å². The Morgan fingerprint density at radius 1 is 1.05 bits per heavy atom. The number of hydrogen-bond donors (Lipinski definition) is 2. The lowest BCUT2D eigenvalue weighted by atomic mass is 9.93. The van der Waals surface area contributed by atoms with Crippen LogP contribution in [0.1, 0.15) is 55.8 Å². The Kier molecular flexibility index (Phi) is 11.3. The van der Waals surface area contributed by atoms with Crippen molar-refractivity contribution in [1.82, 2.24) is 15.1 Å². The maximum absolute atomic E-state index is 13.9. The second kappa shape index (κ2) is 14.5. The van der Waals surface area contributed by atoms with Gasteiger partial charge in [-0.1, -0.05) is 43.1 Å². The summed E-state index contributed by atoms with van der Waals surface area (Å²) in [5, 5.41) is 13.5. The third-order valence-electron chi connectivity index (χ3n) is 8.07. The quantitative estimate of drug-likeness (QED) is 0.336. The van der Waals surface area contributed by atoms with Gasteiger partial charge in [-0.05, 0) is 60.2 Å². The van der Waals surface area contributed by atoms with Crippen molar-refractivity contribution < 1.29 is 27.9 Å². The van der Waals surface area contributed by atoms with Gasteiger partial charge in [0.15, 0.2) is 0 Å². The fourth-order valence-corrected chi connectivity index (χ4v) is 6.42. The van der Waals surface area contributed by atoms with E-state index in [1.807, 2.05) is 18.7 Å². The fraction of sp³-hybridized carbons (Fsp3) is 0.548. The smallest absolute Gasteiger partial charge is 0.395 e. The van der Waals surface area contributed by atoms with Crippen molar-refractivity contribution >= 4 is 40.7 Å². The molecule has 43 heavy (non-hydrogen) atoms. The van der Waals surface area contributed by atoms with E-state index in [2.05, 4.69) is 5.32 Å². The molecule has 236 valence electrons. The summed E-state index contributed by atoms with van der Waals surface area (Å²) in [7, 11) is 0. The number of nitrogens with zero attached hydrogens (tertiary/aromatic N) is 3. The standard InChI is InChI=1S/C31H39Cl2F3N4O3/c1-20(2)16-26(37-9-15-41)24-18-22(31(34,35)36)6-8-27(24)38-11-13-39(14-12-38)30(43)28(40-10-3-4-29(40)42)17-21-5-7-23(32)19-25(21)33/h5-8,18-20,26,28,37,41H,3-4,9-17H2,1-2H3/t26-,28+/m0/s1. The number of carbonyl (C=O) groups is 2. The first-order chi connectivity index (χ1) is 20.4. The Labute approximate surface area is 260 Å². The van der Waals surface area contributed by atoms with Gasteiger partial charge >= 0.3 is 6.18 Å². The first-order valence-electron chi connectivity index (χ1n) is 14.7. The topological polar surface area (TPSA) is 76.1 Å². The summed E-state index contributed by atoms with van der Waals surface area (Å²) in [5.41, 5.74) is 1.20. The second-order valence-corrected chi connectivity index (χ2v) is 12.4. The van der Waals surface area contributed by atoms with Gasteiger partial charge in [-0.15, -0.1) is 0 Å². The van der Waals surface area contributed by atoms with Gasteiger partial charge in [-0.2, -0.15) is 13.2 Å². The van der Waals surface area contributed by atoms with Crippen LogP contribution in [0.25, 0.3) is 0 Å². The number of rotatable bonds is 11. The number of hydrogen-bond acceptors (Lipinski definition) is 5. The lowest BCUT2D eigenvalue weighted by molar-refractivity contribution is -0.143. The third kappa shape index (κ3) is 8.35. The normalized spacial score (nSPS) is 17.6. The van der Waals surface area contributed by atoms with Crippen LogP contribution in [0.2, 0.25) is 10.0 Å². The van der Waals surface area contributed by atoms with Gasteiger partial charge in [0.25, 0.3) is 0 Å². The van der Waals surface area contributed by atoms with Crippen LogP contribution in [-0.4, -0.2) is 78.6 Å². The first kappa shape index (κ1) is 33.4. The molecule has 2 saturated heterocycles. The van der Waals surface area contributed by atoms with Crippen molar-refractivity contribution in [3.63, 3.8) is 0 Å². The molecule has 2 aromatic carbocycles. The zero-order chi connectivity index (χ0) is 31.3. The highest BCUT2D eigenvalue weighted by Crippen LogP contribution is 2.37. The van der Waals surface area contributed by atoms with E-state index in [1.165, 1.54) is 12.1 Å². The van der Waals surface area contributed by atoms with Crippen LogP contribution in [0, 0.1) is 5.92 Å².